The Morgan fingerprint density at radius 3 is 2.79 bits per heavy atom. The number of nitro groups is 1. The normalized spacial score (nSPS) is 10.2. The molecule has 0 amide bonds. The van der Waals surface area contributed by atoms with Gasteiger partial charge in [0.15, 0.2) is 0 Å². The van der Waals surface area contributed by atoms with Crippen LogP contribution in [0.2, 0.25) is 5.02 Å². The average Bonchev–Trinajstić information content (AvgIpc) is 2.33. The number of anilines is 3. The fourth-order valence-electron chi connectivity index (χ4n) is 1.47. The molecule has 1 aromatic carbocycles. The van der Waals surface area contributed by atoms with Gasteiger partial charge in [-0.25, -0.2) is 9.97 Å². The van der Waals surface area contributed by atoms with E-state index in [0.717, 1.165) is 11.9 Å². The van der Waals surface area contributed by atoms with Crippen LogP contribution in [0.1, 0.15) is 5.56 Å². The zero-order chi connectivity index (χ0) is 14.0. The summed E-state index contributed by atoms with van der Waals surface area (Å²) in [6.45, 7) is 1.86. The van der Waals surface area contributed by atoms with E-state index in [-0.39, 0.29) is 17.3 Å². The second kappa shape index (κ2) is 5.07. The first-order valence-electron chi connectivity index (χ1n) is 5.27. The minimum Gasteiger partial charge on any atom is -0.378 e. The van der Waals surface area contributed by atoms with E-state index < -0.39 is 4.92 Å². The van der Waals surface area contributed by atoms with Crippen LogP contribution in [-0.4, -0.2) is 14.9 Å². The van der Waals surface area contributed by atoms with Gasteiger partial charge >= 0.3 is 5.69 Å². The SMILES string of the molecule is Cc1ccc(Nc2ncnc(N)c2[N+](=O)[O-])cc1Cl. The lowest BCUT2D eigenvalue weighted by molar-refractivity contribution is -0.383. The van der Waals surface area contributed by atoms with Crippen molar-refractivity contribution in [1.82, 2.24) is 9.97 Å². The molecule has 0 unspecified atom stereocenters. The molecule has 1 aromatic heterocycles. The molecule has 0 atom stereocenters. The first-order valence-corrected chi connectivity index (χ1v) is 5.65. The minimum absolute atomic E-state index is 0.0254. The van der Waals surface area contributed by atoms with Crippen LogP contribution in [0.15, 0.2) is 24.5 Å². The lowest BCUT2D eigenvalue weighted by atomic mass is 10.2. The molecule has 8 heteroatoms. The van der Waals surface area contributed by atoms with Gasteiger partial charge in [0.05, 0.1) is 4.92 Å². The summed E-state index contributed by atoms with van der Waals surface area (Å²) in [5.41, 5.74) is 6.60. The van der Waals surface area contributed by atoms with Gasteiger partial charge < -0.3 is 11.1 Å². The Labute approximate surface area is 113 Å². The quantitative estimate of drug-likeness (QED) is 0.661. The number of nitrogen functional groups attached to an aromatic ring is 1. The number of nitrogens with two attached hydrogens (primary N) is 1. The maximum absolute atomic E-state index is 10.9. The molecule has 0 fully saturated rings. The first-order chi connectivity index (χ1) is 8.99. The van der Waals surface area contributed by atoms with Crippen molar-refractivity contribution in [3.8, 4) is 0 Å². The average molecular weight is 280 g/mol. The molecule has 0 bridgehead atoms. The number of aromatic nitrogens is 2. The van der Waals surface area contributed by atoms with Gasteiger partial charge in [0.1, 0.15) is 6.33 Å². The van der Waals surface area contributed by atoms with Crippen molar-refractivity contribution in [2.45, 2.75) is 6.92 Å². The smallest absolute Gasteiger partial charge is 0.353 e. The highest BCUT2D eigenvalue weighted by Crippen LogP contribution is 2.30. The number of nitrogens with one attached hydrogen (secondary N) is 1. The Bertz CT molecular complexity index is 647. The molecule has 0 saturated carbocycles. The third kappa shape index (κ3) is 2.71. The molecule has 98 valence electrons. The van der Waals surface area contributed by atoms with E-state index in [2.05, 4.69) is 15.3 Å². The van der Waals surface area contributed by atoms with Crippen molar-refractivity contribution in [1.29, 1.82) is 0 Å². The molecular formula is C11H10ClN5O2. The fraction of sp³-hybridized carbons (Fsp3) is 0.0909. The van der Waals surface area contributed by atoms with Gasteiger partial charge in [-0.3, -0.25) is 10.1 Å². The number of aryl methyl sites for hydroxylation is 1. The minimum atomic E-state index is -0.631. The van der Waals surface area contributed by atoms with Crippen LogP contribution in [0, 0.1) is 17.0 Å². The zero-order valence-corrected chi connectivity index (χ0v) is 10.7. The van der Waals surface area contributed by atoms with Gasteiger partial charge in [0.25, 0.3) is 0 Å². The van der Waals surface area contributed by atoms with Crippen LogP contribution in [-0.2, 0) is 0 Å². The zero-order valence-electron chi connectivity index (χ0n) is 9.92. The molecule has 0 aliphatic carbocycles. The molecule has 0 aliphatic rings. The maximum Gasteiger partial charge on any atom is 0.353 e. The Morgan fingerprint density at radius 2 is 2.16 bits per heavy atom. The highest BCUT2D eigenvalue weighted by molar-refractivity contribution is 6.31. The topological polar surface area (TPSA) is 107 Å². The largest absolute Gasteiger partial charge is 0.378 e. The fourth-order valence-corrected chi connectivity index (χ4v) is 1.65. The molecule has 1 heterocycles. The third-order valence-electron chi connectivity index (χ3n) is 2.47. The summed E-state index contributed by atoms with van der Waals surface area (Å²) in [6, 6.07) is 5.18. The number of nitrogens with zero attached hydrogens (tertiary/aromatic N) is 3. The molecule has 0 radical (unpaired) electrons. The number of rotatable bonds is 3. The predicted molar refractivity (Wildman–Crippen MR) is 72.6 cm³/mol. The molecule has 0 saturated heterocycles. The monoisotopic (exact) mass is 279 g/mol. The van der Waals surface area contributed by atoms with Crippen LogP contribution in [0.5, 0.6) is 0 Å². The summed E-state index contributed by atoms with van der Waals surface area (Å²) in [4.78, 5) is 17.7. The van der Waals surface area contributed by atoms with Crippen LogP contribution in [0.4, 0.5) is 23.0 Å². The molecule has 2 rings (SSSR count). The summed E-state index contributed by atoms with van der Waals surface area (Å²) in [7, 11) is 0. The van der Waals surface area contributed by atoms with E-state index in [9.17, 15) is 10.1 Å². The van der Waals surface area contributed by atoms with E-state index in [1.54, 1.807) is 18.2 Å². The molecule has 2 aromatic rings. The molecule has 7 nitrogen and oxygen atoms in total. The molecule has 0 spiro atoms. The highest BCUT2D eigenvalue weighted by atomic mass is 35.5. The summed E-state index contributed by atoms with van der Waals surface area (Å²) in [5.74, 6) is -0.168. The van der Waals surface area contributed by atoms with Crippen LogP contribution in [0.25, 0.3) is 0 Å². The molecule has 19 heavy (non-hydrogen) atoms. The third-order valence-corrected chi connectivity index (χ3v) is 2.87. The lowest BCUT2D eigenvalue weighted by Crippen LogP contribution is -2.05. The van der Waals surface area contributed by atoms with Crippen molar-refractivity contribution >= 4 is 34.6 Å². The number of hydrogen-bond donors (Lipinski definition) is 2. The summed E-state index contributed by atoms with van der Waals surface area (Å²) in [6.07, 6.45) is 1.15. The summed E-state index contributed by atoms with van der Waals surface area (Å²) < 4.78 is 0. The Morgan fingerprint density at radius 1 is 1.42 bits per heavy atom. The van der Waals surface area contributed by atoms with E-state index in [0.29, 0.717) is 10.7 Å². The first kappa shape index (κ1) is 13.0. The van der Waals surface area contributed by atoms with E-state index in [1.165, 1.54) is 0 Å². The standard InChI is InChI=1S/C11H10ClN5O2/c1-6-2-3-7(4-8(6)12)16-11-9(17(18)19)10(13)14-5-15-11/h2-5H,1H3,(H3,13,14,15,16). The van der Waals surface area contributed by atoms with Gasteiger partial charge in [-0.2, -0.15) is 0 Å². The Hall–Kier alpha value is -2.41. The van der Waals surface area contributed by atoms with Gasteiger partial charge in [0, 0.05) is 10.7 Å². The van der Waals surface area contributed by atoms with E-state index in [4.69, 9.17) is 17.3 Å². The number of halogens is 1. The van der Waals surface area contributed by atoms with Crippen molar-refractivity contribution < 1.29 is 4.92 Å². The van der Waals surface area contributed by atoms with Gasteiger partial charge in [-0.05, 0) is 24.6 Å². The number of hydrogen-bond acceptors (Lipinski definition) is 6. The summed E-state index contributed by atoms with van der Waals surface area (Å²) >= 11 is 5.98. The molecule has 0 aliphatic heterocycles. The van der Waals surface area contributed by atoms with Crippen LogP contribution < -0.4 is 11.1 Å². The van der Waals surface area contributed by atoms with Crippen molar-refractivity contribution in [3.05, 3.63) is 45.2 Å². The van der Waals surface area contributed by atoms with Crippen molar-refractivity contribution in [2.24, 2.45) is 0 Å². The van der Waals surface area contributed by atoms with Crippen molar-refractivity contribution in [3.63, 3.8) is 0 Å². The van der Waals surface area contributed by atoms with Gasteiger partial charge in [0.2, 0.25) is 11.6 Å². The van der Waals surface area contributed by atoms with Gasteiger partial charge in [-0.15, -0.1) is 0 Å². The highest BCUT2D eigenvalue weighted by Gasteiger charge is 2.20. The number of benzene rings is 1. The Kier molecular flexibility index (Phi) is 3.48. The lowest BCUT2D eigenvalue weighted by Gasteiger charge is -2.08. The van der Waals surface area contributed by atoms with Gasteiger partial charge in [-0.1, -0.05) is 17.7 Å². The maximum atomic E-state index is 10.9. The summed E-state index contributed by atoms with van der Waals surface area (Å²) in [5, 5.41) is 14.3. The van der Waals surface area contributed by atoms with E-state index >= 15 is 0 Å². The predicted octanol–water partition coefficient (Wildman–Crippen LogP) is 2.67. The van der Waals surface area contributed by atoms with Crippen molar-refractivity contribution in [2.75, 3.05) is 11.1 Å². The second-order valence-corrected chi connectivity index (χ2v) is 4.21. The van der Waals surface area contributed by atoms with Crippen LogP contribution in [0.3, 0.4) is 0 Å². The second-order valence-electron chi connectivity index (χ2n) is 3.80. The molecular weight excluding hydrogens is 270 g/mol. The van der Waals surface area contributed by atoms with Crippen LogP contribution >= 0.6 is 11.6 Å². The molecule has 3 N–H and O–H groups in total. The Balaban J connectivity index is 2.40. The van der Waals surface area contributed by atoms with E-state index in [1.807, 2.05) is 6.92 Å².